The van der Waals surface area contributed by atoms with Crippen LogP contribution in [0.4, 0.5) is 4.39 Å². The second kappa shape index (κ2) is 12.5. The summed E-state index contributed by atoms with van der Waals surface area (Å²) in [5.74, 6) is -0.307. The van der Waals surface area contributed by atoms with Crippen LogP contribution < -0.4 is 0 Å². The number of carbonyl (C=O) groups is 2. The molecule has 0 spiro atoms. The van der Waals surface area contributed by atoms with E-state index in [1.54, 1.807) is 24.1 Å². The summed E-state index contributed by atoms with van der Waals surface area (Å²) in [6.07, 6.45) is 7.77. The highest BCUT2D eigenvalue weighted by molar-refractivity contribution is 5.85. The number of hydrogen-bond donors (Lipinski definition) is 0. The zero-order valence-corrected chi connectivity index (χ0v) is 19.8. The fourth-order valence-electron chi connectivity index (χ4n) is 4.49. The van der Waals surface area contributed by atoms with Crippen molar-refractivity contribution in [3.8, 4) is 0 Å². The molecule has 33 heavy (non-hydrogen) atoms. The second-order valence-electron chi connectivity index (χ2n) is 8.73. The Labute approximate surface area is 196 Å². The monoisotopic (exact) mass is 457 g/mol. The Bertz CT molecular complexity index is 890. The van der Waals surface area contributed by atoms with Crippen LogP contribution in [0.1, 0.15) is 56.7 Å². The molecule has 1 aromatic heterocycles. The highest BCUT2D eigenvalue weighted by Gasteiger charge is 2.28. The van der Waals surface area contributed by atoms with Crippen LogP contribution in [0, 0.1) is 5.82 Å². The number of amides is 2. The number of nitrogens with zero attached hydrogens (tertiary/aromatic N) is 3. The van der Waals surface area contributed by atoms with Crippen molar-refractivity contribution in [3.63, 3.8) is 0 Å². The van der Waals surface area contributed by atoms with Crippen LogP contribution in [0.3, 0.4) is 0 Å². The number of halogens is 1. The minimum Gasteiger partial charge on any atom is -0.383 e. The first-order chi connectivity index (χ1) is 16.0. The maximum absolute atomic E-state index is 13.5. The van der Waals surface area contributed by atoms with Crippen LogP contribution in [-0.2, 0) is 27.4 Å². The molecule has 1 saturated carbocycles. The molecule has 0 aliphatic heterocycles. The van der Waals surface area contributed by atoms with Gasteiger partial charge in [0.15, 0.2) is 0 Å². The molecule has 1 aliphatic carbocycles. The number of rotatable bonds is 11. The molecule has 2 amide bonds. The van der Waals surface area contributed by atoms with Crippen molar-refractivity contribution in [3.05, 3.63) is 59.7 Å². The van der Waals surface area contributed by atoms with Gasteiger partial charge in [-0.3, -0.25) is 9.59 Å². The Morgan fingerprint density at radius 3 is 2.48 bits per heavy atom. The van der Waals surface area contributed by atoms with Gasteiger partial charge in [-0.15, -0.1) is 0 Å². The fourth-order valence-corrected chi connectivity index (χ4v) is 4.49. The Hall–Kier alpha value is -2.67. The van der Waals surface area contributed by atoms with E-state index in [1.165, 1.54) is 18.6 Å². The van der Waals surface area contributed by atoms with Crippen LogP contribution >= 0.6 is 0 Å². The summed E-state index contributed by atoms with van der Waals surface area (Å²) in [4.78, 5) is 29.5. The standard InChI is InChI=1S/C26H36FN3O3/c1-3-25(31)29(16-17-33-2)20-26(32)30(23-8-5-4-6-9-23)19-24-10-7-15-28(24)18-21-11-13-22(27)14-12-21/h7,10-15,23H,3-6,8-9,16-20H2,1-2H3. The summed E-state index contributed by atoms with van der Waals surface area (Å²) >= 11 is 0. The molecule has 3 rings (SSSR count). The summed E-state index contributed by atoms with van der Waals surface area (Å²) in [7, 11) is 1.60. The first-order valence-electron chi connectivity index (χ1n) is 12.0. The average Bonchev–Trinajstić information content (AvgIpc) is 3.28. The summed E-state index contributed by atoms with van der Waals surface area (Å²) in [6, 6.07) is 10.7. The molecule has 1 aromatic carbocycles. The van der Waals surface area contributed by atoms with Crippen molar-refractivity contribution >= 4 is 11.8 Å². The molecule has 6 nitrogen and oxygen atoms in total. The minimum absolute atomic E-state index is 0.0191. The summed E-state index contributed by atoms with van der Waals surface area (Å²) in [5.41, 5.74) is 2.03. The minimum atomic E-state index is -0.250. The molecule has 0 atom stereocenters. The van der Waals surface area contributed by atoms with Crippen molar-refractivity contribution in [2.45, 2.75) is 64.6 Å². The third-order valence-corrected chi connectivity index (χ3v) is 6.40. The van der Waals surface area contributed by atoms with Gasteiger partial charge in [-0.25, -0.2) is 4.39 Å². The Kier molecular flexibility index (Phi) is 9.48. The molecule has 2 aromatic rings. The molecular weight excluding hydrogens is 421 g/mol. The molecule has 0 unspecified atom stereocenters. The zero-order valence-electron chi connectivity index (χ0n) is 19.8. The average molecular weight is 458 g/mol. The third-order valence-electron chi connectivity index (χ3n) is 6.40. The molecule has 7 heteroatoms. The predicted molar refractivity (Wildman–Crippen MR) is 126 cm³/mol. The first kappa shape index (κ1) is 25.0. The lowest BCUT2D eigenvalue weighted by atomic mass is 9.94. The van der Waals surface area contributed by atoms with Gasteiger partial charge in [0.1, 0.15) is 5.82 Å². The Morgan fingerprint density at radius 2 is 1.82 bits per heavy atom. The van der Waals surface area contributed by atoms with Gasteiger partial charge in [-0.05, 0) is 42.7 Å². The summed E-state index contributed by atoms with van der Waals surface area (Å²) in [5, 5.41) is 0. The highest BCUT2D eigenvalue weighted by Crippen LogP contribution is 2.25. The number of hydrogen-bond acceptors (Lipinski definition) is 3. The van der Waals surface area contributed by atoms with E-state index in [1.807, 2.05) is 30.2 Å². The van der Waals surface area contributed by atoms with Crippen molar-refractivity contribution in [2.75, 3.05) is 26.8 Å². The van der Waals surface area contributed by atoms with E-state index in [9.17, 15) is 14.0 Å². The van der Waals surface area contributed by atoms with Gasteiger partial charge in [0.25, 0.3) is 0 Å². The van der Waals surface area contributed by atoms with Crippen molar-refractivity contribution in [1.82, 2.24) is 14.4 Å². The number of carbonyl (C=O) groups excluding carboxylic acids is 2. The normalized spacial score (nSPS) is 14.3. The molecule has 0 N–H and O–H groups in total. The van der Waals surface area contributed by atoms with E-state index in [-0.39, 0.29) is 30.2 Å². The maximum Gasteiger partial charge on any atom is 0.242 e. The lowest BCUT2D eigenvalue weighted by Gasteiger charge is -2.36. The lowest BCUT2D eigenvalue weighted by Crippen LogP contribution is -2.48. The van der Waals surface area contributed by atoms with Crippen molar-refractivity contribution in [1.29, 1.82) is 0 Å². The van der Waals surface area contributed by atoms with Gasteiger partial charge >= 0.3 is 0 Å². The van der Waals surface area contributed by atoms with Gasteiger partial charge in [0, 0.05) is 44.6 Å². The molecule has 0 saturated heterocycles. The van der Waals surface area contributed by atoms with Gasteiger partial charge in [-0.1, -0.05) is 38.3 Å². The molecular formula is C26H36FN3O3. The Morgan fingerprint density at radius 1 is 1.09 bits per heavy atom. The topological polar surface area (TPSA) is 54.8 Å². The van der Waals surface area contributed by atoms with Gasteiger partial charge in [-0.2, -0.15) is 0 Å². The van der Waals surface area contributed by atoms with Gasteiger partial charge < -0.3 is 19.1 Å². The first-order valence-corrected chi connectivity index (χ1v) is 12.0. The van der Waals surface area contributed by atoms with Crippen LogP contribution in [0.15, 0.2) is 42.6 Å². The maximum atomic E-state index is 13.5. The van der Waals surface area contributed by atoms with E-state index in [2.05, 4.69) is 4.57 Å². The summed E-state index contributed by atoms with van der Waals surface area (Å²) < 4.78 is 20.5. The zero-order chi connectivity index (χ0) is 23.6. The van der Waals surface area contributed by atoms with E-state index < -0.39 is 0 Å². The molecule has 0 radical (unpaired) electrons. The van der Waals surface area contributed by atoms with Crippen molar-refractivity contribution < 1.29 is 18.7 Å². The van der Waals surface area contributed by atoms with Crippen LogP contribution in [-0.4, -0.2) is 59.0 Å². The van der Waals surface area contributed by atoms with E-state index in [0.717, 1.165) is 36.9 Å². The van der Waals surface area contributed by atoms with Crippen LogP contribution in [0.2, 0.25) is 0 Å². The predicted octanol–water partition coefficient (Wildman–Crippen LogP) is 4.22. The van der Waals surface area contributed by atoms with E-state index >= 15 is 0 Å². The smallest absolute Gasteiger partial charge is 0.242 e. The number of aromatic nitrogens is 1. The number of ether oxygens (including phenoxy) is 1. The third kappa shape index (κ3) is 7.16. The van der Waals surface area contributed by atoms with E-state index in [0.29, 0.717) is 32.7 Å². The van der Waals surface area contributed by atoms with Gasteiger partial charge in [0.05, 0.1) is 19.7 Å². The molecule has 1 aliphatic rings. The second-order valence-corrected chi connectivity index (χ2v) is 8.73. The number of benzene rings is 1. The van der Waals surface area contributed by atoms with Gasteiger partial charge in [0.2, 0.25) is 11.8 Å². The fraction of sp³-hybridized carbons (Fsp3) is 0.538. The lowest BCUT2D eigenvalue weighted by molar-refractivity contribution is -0.143. The SMILES string of the molecule is CCC(=O)N(CCOC)CC(=O)N(Cc1cccn1Cc1ccc(F)cc1)C1CCCCC1. The van der Waals surface area contributed by atoms with E-state index in [4.69, 9.17) is 4.74 Å². The van der Waals surface area contributed by atoms with Crippen LogP contribution in [0.5, 0.6) is 0 Å². The molecule has 0 bridgehead atoms. The molecule has 1 fully saturated rings. The largest absolute Gasteiger partial charge is 0.383 e. The highest BCUT2D eigenvalue weighted by atomic mass is 19.1. The number of methoxy groups -OCH3 is 1. The van der Waals surface area contributed by atoms with Crippen LogP contribution in [0.25, 0.3) is 0 Å². The Balaban J connectivity index is 1.77. The summed E-state index contributed by atoms with van der Waals surface area (Å²) in [6.45, 7) is 3.82. The molecule has 1 heterocycles. The van der Waals surface area contributed by atoms with Crippen molar-refractivity contribution in [2.24, 2.45) is 0 Å². The molecule has 180 valence electrons. The quantitative estimate of drug-likeness (QED) is 0.508.